The first-order valence-corrected chi connectivity index (χ1v) is 11.7. The summed E-state index contributed by atoms with van der Waals surface area (Å²) in [4.78, 5) is 12.9. The van der Waals surface area contributed by atoms with Gasteiger partial charge in [0.15, 0.2) is 0 Å². The number of methoxy groups -OCH3 is 2. The molecule has 31 heavy (non-hydrogen) atoms. The standard InChI is InChI=1S/C23H32N2O5S/c1-16(2)14-25(15-17(3)4)31(27,28)20-10-7-18(8-11-20)23(26)24-21-13-19(29-5)9-12-22(21)30-6/h7-13,16-17H,14-15H2,1-6H3,(H,24,26). The summed E-state index contributed by atoms with van der Waals surface area (Å²) < 4.78 is 38.2. The average Bonchev–Trinajstić information content (AvgIpc) is 2.72. The number of benzene rings is 2. The van der Waals surface area contributed by atoms with E-state index in [4.69, 9.17) is 9.47 Å². The maximum Gasteiger partial charge on any atom is 0.255 e. The number of nitrogens with zero attached hydrogens (tertiary/aromatic N) is 1. The smallest absolute Gasteiger partial charge is 0.255 e. The number of anilines is 1. The molecule has 1 N–H and O–H groups in total. The summed E-state index contributed by atoms with van der Waals surface area (Å²) in [6, 6.07) is 11.1. The quantitative estimate of drug-likeness (QED) is 0.587. The molecule has 0 heterocycles. The Morgan fingerprint density at radius 3 is 2.00 bits per heavy atom. The van der Waals surface area contributed by atoms with Gasteiger partial charge < -0.3 is 14.8 Å². The van der Waals surface area contributed by atoms with Gasteiger partial charge in [0.25, 0.3) is 5.91 Å². The number of sulfonamides is 1. The molecule has 0 unspecified atom stereocenters. The van der Waals surface area contributed by atoms with E-state index in [1.54, 1.807) is 18.2 Å². The van der Waals surface area contributed by atoms with E-state index in [0.29, 0.717) is 35.8 Å². The maximum absolute atomic E-state index is 13.1. The molecule has 0 aliphatic carbocycles. The molecule has 0 fully saturated rings. The molecule has 0 aliphatic rings. The Kier molecular flexibility index (Phi) is 8.47. The van der Waals surface area contributed by atoms with Crippen LogP contribution in [0.25, 0.3) is 0 Å². The summed E-state index contributed by atoms with van der Waals surface area (Å²) in [6.45, 7) is 8.84. The molecule has 0 radical (unpaired) electrons. The molecule has 0 atom stereocenters. The second kappa shape index (κ2) is 10.6. The van der Waals surface area contributed by atoms with Gasteiger partial charge in [-0.15, -0.1) is 0 Å². The predicted molar refractivity (Wildman–Crippen MR) is 122 cm³/mol. The molecule has 170 valence electrons. The molecular formula is C23H32N2O5S. The van der Waals surface area contributed by atoms with E-state index in [1.807, 2.05) is 27.7 Å². The maximum atomic E-state index is 13.1. The number of carbonyl (C=O) groups excluding carboxylic acids is 1. The molecule has 2 rings (SSSR count). The molecule has 7 nitrogen and oxygen atoms in total. The molecular weight excluding hydrogens is 416 g/mol. The Morgan fingerprint density at radius 2 is 1.52 bits per heavy atom. The Balaban J connectivity index is 2.25. The van der Waals surface area contributed by atoms with Gasteiger partial charge >= 0.3 is 0 Å². The highest BCUT2D eigenvalue weighted by atomic mass is 32.2. The Labute approximate surface area is 185 Å². The zero-order chi connectivity index (χ0) is 23.2. The van der Waals surface area contributed by atoms with Gasteiger partial charge in [-0.25, -0.2) is 8.42 Å². The highest BCUT2D eigenvalue weighted by Crippen LogP contribution is 2.29. The molecule has 0 saturated heterocycles. The third-order valence-corrected chi connectivity index (χ3v) is 6.39. The number of hydrogen-bond donors (Lipinski definition) is 1. The Bertz CT molecular complexity index is 976. The van der Waals surface area contributed by atoms with E-state index in [-0.39, 0.29) is 22.6 Å². The van der Waals surface area contributed by atoms with Gasteiger partial charge in [0, 0.05) is 24.7 Å². The first-order chi connectivity index (χ1) is 14.6. The minimum atomic E-state index is -3.65. The zero-order valence-electron chi connectivity index (χ0n) is 19.0. The topological polar surface area (TPSA) is 84.9 Å². The second-order valence-electron chi connectivity index (χ2n) is 8.15. The summed E-state index contributed by atoms with van der Waals surface area (Å²) in [5, 5.41) is 2.78. The van der Waals surface area contributed by atoms with Gasteiger partial charge in [-0.1, -0.05) is 27.7 Å². The molecule has 1 amide bonds. The monoisotopic (exact) mass is 448 g/mol. The SMILES string of the molecule is COc1ccc(OC)c(NC(=O)c2ccc(S(=O)(=O)N(CC(C)C)CC(C)C)cc2)c1. The first kappa shape index (κ1) is 24.7. The molecule has 0 saturated carbocycles. The van der Waals surface area contributed by atoms with E-state index in [9.17, 15) is 13.2 Å². The van der Waals surface area contributed by atoms with Crippen molar-refractivity contribution in [2.24, 2.45) is 11.8 Å². The number of amides is 1. The van der Waals surface area contributed by atoms with Gasteiger partial charge in [-0.3, -0.25) is 4.79 Å². The van der Waals surface area contributed by atoms with Crippen molar-refractivity contribution in [3.63, 3.8) is 0 Å². The van der Waals surface area contributed by atoms with Crippen LogP contribution < -0.4 is 14.8 Å². The summed E-state index contributed by atoms with van der Waals surface area (Å²) in [7, 11) is -0.600. The minimum absolute atomic E-state index is 0.171. The van der Waals surface area contributed by atoms with Crippen molar-refractivity contribution in [3.05, 3.63) is 48.0 Å². The number of carbonyl (C=O) groups is 1. The van der Waals surface area contributed by atoms with Crippen LogP contribution in [0, 0.1) is 11.8 Å². The molecule has 2 aromatic rings. The van der Waals surface area contributed by atoms with Crippen LogP contribution in [0.1, 0.15) is 38.1 Å². The van der Waals surface area contributed by atoms with Crippen molar-refractivity contribution in [2.45, 2.75) is 32.6 Å². The third kappa shape index (κ3) is 6.45. The lowest BCUT2D eigenvalue weighted by atomic mass is 10.2. The number of hydrogen-bond acceptors (Lipinski definition) is 5. The van der Waals surface area contributed by atoms with Gasteiger partial charge in [-0.2, -0.15) is 4.31 Å². The zero-order valence-corrected chi connectivity index (χ0v) is 19.8. The van der Waals surface area contributed by atoms with Crippen molar-refractivity contribution in [2.75, 3.05) is 32.6 Å². The minimum Gasteiger partial charge on any atom is -0.497 e. The lowest BCUT2D eigenvalue weighted by molar-refractivity contribution is 0.102. The second-order valence-corrected chi connectivity index (χ2v) is 10.1. The number of nitrogens with one attached hydrogen (secondary N) is 1. The van der Waals surface area contributed by atoms with Crippen LogP contribution in [0.15, 0.2) is 47.4 Å². The molecule has 2 aromatic carbocycles. The van der Waals surface area contributed by atoms with Crippen LogP contribution >= 0.6 is 0 Å². The van der Waals surface area contributed by atoms with Crippen molar-refractivity contribution in [1.29, 1.82) is 0 Å². The summed E-state index contributed by atoms with van der Waals surface area (Å²) in [5.74, 6) is 1.10. The van der Waals surface area contributed by atoms with E-state index >= 15 is 0 Å². The fourth-order valence-electron chi connectivity index (χ4n) is 3.12. The van der Waals surface area contributed by atoms with Gasteiger partial charge in [0.2, 0.25) is 10.0 Å². The van der Waals surface area contributed by atoms with Crippen molar-refractivity contribution >= 4 is 21.6 Å². The lowest BCUT2D eigenvalue weighted by Crippen LogP contribution is -2.37. The number of ether oxygens (including phenoxy) is 2. The van der Waals surface area contributed by atoms with Gasteiger partial charge in [0.1, 0.15) is 11.5 Å². The largest absolute Gasteiger partial charge is 0.497 e. The van der Waals surface area contributed by atoms with E-state index in [0.717, 1.165) is 0 Å². The third-order valence-electron chi connectivity index (χ3n) is 4.55. The van der Waals surface area contributed by atoms with Crippen LogP contribution in [-0.4, -0.2) is 45.9 Å². The summed E-state index contributed by atoms with van der Waals surface area (Å²) in [6.07, 6.45) is 0. The van der Waals surface area contributed by atoms with E-state index < -0.39 is 10.0 Å². The van der Waals surface area contributed by atoms with Gasteiger partial charge in [0.05, 0.1) is 24.8 Å². The van der Waals surface area contributed by atoms with Crippen LogP contribution in [0.5, 0.6) is 11.5 Å². The predicted octanol–water partition coefficient (Wildman–Crippen LogP) is 4.26. The Hall–Kier alpha value is -2.58. The van der Waals surface area contributed by atoms with Crippen LogP contribution in [0.2, 0.25) is 0 Å². The normalized spacial score (nSPS) is 11.8. The molecule has 8 heteroatoms. The molecule has 0 bridgehead atoms. The average molecular weight is 449 g/mol. The van der Waals surface area contributed by atoms with Gasteiger partial charge in [-0.05, 0) is 48.2 Å². The molecule has 0 aliphatic heterocycles. The van der Waals surface area contributed by atoms with Crippen LogP contribution in [-0.2, 0) is 10.0 Å². The molecule has 0 spiro atoms. The highest BCUT2D eigenvalue weighted by Gasteiger charge is 2.26. The van der Waals surface area contributed by atoms with Crippen LogP contribution in [0.4, 0.5) is 5.69 Å². The fourth-order valence-corrected chi connectivity index (χ4v) is 4.89. The van der Waals surface area contributed by atoms with Crippen molar-refractivity contribution in [1.82, 2.24) is 4.31 Å². The van der Waals surface area contributed by atoms with E-state index in [1.165, 1.54) is 42.8 Å². The first-order valence-electron chi connectivity index (χ1n) is 10.2. The summed E-state index contributed by atoms with van der Waals surface area (Å²) >= 11 is 0. The van der Waals surface area contributed by atoms with E-state index in [2.05, 4.69) is 5.32 Å². The Morgan fingerprint density at radius 1 is 0.935 bits per heavy atom. The highest BCUT2D eigenvalue weighted by molar-refractivity contribution is 7.89. The number of rotatable bonds is 10. The summed E-state index contributed by atoms with van der Waals surface area (Å²) in [5.41, 5.74) is 0.798. The lowest BCUT2D eigenvalue weighted by Gasteiger charge is -2.25. The van der Waals surface area contributed by atoms with Crippen LogP contribution in [0.3, 0.4) is 0 Å². The van der Waals surface area contributed by atoms with Crippen molar-refractivity contribution < 1.29 is 22.7 Å². The fraction of sp³-hybridized carbons (Fsp3) is 0.435. The van der Waals surface area contributed by atoms with Crippen molar-refractivity contribution in [3.8, 4) is 11.5 Å². The molecule has 0 aromatic heterocycles.